The molecule has 2 aromatic rings. The lowest BCUT2D eigenvalue weighted by Crippen LogP contribution is -2.15. The van der Waals surface area contributed by atoms with Gasteiger partial charge in [0.05, 0.1) is 22.5 Å². The molecular formula is C15H14N2O3. The number of ketones is 1. The van der Waals surface area contributed by atoms with E-state index in [4.69, 9.17) is 10.5 Å². The lowest BCUT2D eigenvalue weighted by Gasteiger charge is -2.17. The molecule has 1 aliphatic rings. The van der Waals surface area contributed by atoms with E-state index in [2.05, 4.69) is 4.98 Å². The van der Waals surface area contributed by atoms with Gasteiger partial charge >= 0.3 is 5.97 Å². The van der Waals surface area contributed by atoms with Gasteiger partial charge in [-0.2, -0.15) is 0 Å². The van der Waals surface area contributed by atoms with Crippen molar-refractivity contribution in [2.45, 2.75) is 26.2 Å². The van der Waals surface area contributed by atoms with Gasteiger partial charge in [0.1, 0.15) is 5.75 Å². The van der Waals surface area contributed by atoms with E-state index in [0.29, 0.717) is 34.3 Å². The second-order valence-electron chi connectivity index (χ2n) is 4.90. The number of carbonyl (C=O) groups excluding carboxylic acids is 2. The average molecular weight is 270 g/mol. The van der Waals surface area contributed by atoms with Crippen molar-refractivity contribution in [2.24, 2.45) is 0 Å². The molecule has 0 saturated heterocycles. The number of anilines is 1. The Balaban J connectivity index is 2.22. The molecule has 0 saturated carbocycles. The van der Waals surface area contributed by atoms with E-state index in [1.807, 2.05) is 0 Å². The normalized spacial score (nSPS) is 14.2. The minimum Gasteiger partial charge on any atom is -0.427 e. The number of hydrogen-bond acceptors (Lipinski definition) is 5. The van der Waals surface area contributed by atoms with Crippen LogP contribution in [0.25, 0.3) is 10.9 Å². The second kappa shape index (κ2) is 4.59. The highest BCUT2D eigenvalue weighted by molar-refractivity contribution is 6.09. The molecule has 0 unspecified atom stereocenters. The number of Topliss-reactive ketones (excluding diaryl/α,β-unsaturated/α-hetero) is 1. The lowest BCUT2D eigenvalue weighted by atomic mass is 9.92. The fourth-order valence-electron chi connectivity index (χ4n) is 2.58. The summed E-state index contributed by atoms with van der Waals surface area (Å²) >= 11 is 0. The molecule has 3 rings (SSSR count). The third-order valence-electron chi connectivity index (χ3n) is 3.43. The van der Waals surface area contributed by atoms with Crippen LogP contribution < -0.4 is 10.5 Å². The predicted octanol–water partition coefficient (Wildman–Crippen LogP) is 2.26. The van der Waals surface area contributed by atoms with E-state index < -0.39 is 5.97 Å². The van der Waals surface area contributed by atoms with Crippen LogP contribution in [0.5, 0.6) is 5.75 Å². The van der Waals surface area contributed by atoms with Crippen LogP contribution >= 0.6 is 0 Å². The zero-order valence-corrected chi connectivity index (χ0v) is 11.1. The summed E-state index contributed by atoms with van der Waals surface area (Å²) in [4.78, 5) is 27.5. The smallest absolute Gasteiger partial charge is 0.308 e. The largest absolute Gasteiger partial charge is 0.427 e. The van der Waals surface area contributed by atoms with Gasteiger partial charge in [-0.1, -0.05) is 0 Å². The summed E-state index contributed by atoms with van der Waals surface area (Å²) < 4.78 is 5.04. The van der Waals surface area contributed by atoms with Gasteiger partial charge in [0.15, 0.2) is 5.78 Å². The Hall–Kier alpha value is -2.43. The maximum Gasteiger partial charge on any atom is 0.308 e. The number of aromatic nitrogens is 1. The minimum absolute atomic E-state index is 0.0380. The summed E-state index contributed by atoms with van der Waals surface area (Å²) in [5.41, 5.74) is 8.58. The van der Waals surface area contributed by atoms with E-state index in [9.17, 15) is 9.59 Å². The van der Waals surface area contributed by atoms with Crippen molar-refractivity contribution in [3.8, 4) is 5.75 Å². The van der Waals surface area contributed by atoms with Crippen molar-refractivity contribution < 1.29 is 14.3 Å². The maximum absolute atomic E-state index is 12.0. The summed E-state index contributed by atoms with van der Waals surface area (Å²) in [7, 11) is 0. The summed E-state index contributed by atoms with van der Waals surface area (Å²) in [5, 5.41) is 0.651. The first kappa shape index (κ1) is 12.6. The second-order valence-corrected chi connectivity index (χ2v) is 4.90. The van der Waals surface area contributed by atoms with Gasteiger partial charge < -0.3 is 10.5 Å². The standard InChI is InChI=1S/C15H14N2O3/c1-8(18)20-9-5-6-11-10(7-9)15(16)14-12(17-11)3-2-4-13(14)19/h5-7H,2-4H2,1H3,(H2,16,17). The number of nitrogens with zero attached hydrogens (tertiary/aromatic N) is 1. The molecular weight excluding hydrogens is 256 g/mol. The fraction of sp³-hybridized carbons (Fsp3) is 0.267. The lowest BCUT2D eigenvalue weighted by molar-refractivity contribution is -0.131. The highest BCUT2D eigenvalue weighted by Gasteiger charge is 2.23. The molecule has 0 fully saturated rings. The predicted molar refractivity (Wildman–Crippen MR) is 74.7 cm³/mol. The number of nitrogen functional groups attached to an aromatic ring is 1. The number of ether oxygens (including phenoxy) is 1. The summed E-state index contributed by atoms with van der Waals surface area (Å²) in [6, 6.07) is 5.08. The highest BCUT2D eigenvalue weighted by Crippen LogP contribution is 2.32. The van der Waals surface area contributed by atoms with Crippen molar-refractivity contribution in [2.75, 3.05) is 5.73 Å². The van der Waals surface area contributed by atoms with Crippen LogP contribution in [-0.4, -0.2) is 16.7 Å². The molecule has 1 aromatic heterocycles. The summed E-state index contributed by atoms with van der Waals surface area (Å²) in [6.07, 6.45) is 2.09. The van der Waals surface area contributed by atoms with Gasteiger partial charge in [-0.15, -0.1) is 0 Å². The average Bonchev–Trinajstić information content (AvgIpc) is 2.39. The maximum atomic E-state index is 12.0. The Bertz CT molecular complexity index is 737. The van der Waals surface area contributed by atoms with Crippen LogP contribution in [0.15, 0.2) is 18.2 Å². The van der Waals surface area contributed by atoms with Gasteiger partial charge in [0, 0.05) is 18.7 Å². The SMILES string of the molecule is CC(=O)Oc1ccc2nc3c(c(N)c2c1)C(=O)CCC3. The molecule has 1 aromatic carbocycles. The molecule has 0 amide bonds. The Morgan fingerprint density at radius 3 is 2.90 bits per heavy atom. The Morgan fingerprint density at radius 1 is 1.35 bits per heavy atom. The number of hydrogen-bond donors (Lipinski definition) is 1. The van der Waals surface area contributed by atoms with Crippen LogP contribution in [-0.2, 0) is 11.2 Å². The van der Waals surface area contributed by atoms with Gasteiger partial charge in [0.2, 0.25) is 0 Å². The van der Waals surface area contributed by atoms with Crippen LogP contribution in [0, 0.1) is 0 Å². The van der Waals surface area contributed by atoms with E-state index in [-0.39, 0.29) is 5.78 Å². The molecule has 102 valence electrons. The molecule has 5 heteroatoms. The third-order valence-corrected chi connectivity index (χ3v) is 3.43. The molecule has 1 heterocycles. The Labute approximate surface area is 115 Å². The van der Waals surface area contributed by atoms with E-state index in [1.54, 1.807) is 18.2 Å². The van der Waals surface area contributed by atoms with Gasteiger partial charge in [-0.3, -0.25) is 14.6 Å². The first-order valence-corrected chi connectivity index (χ1v) is 6.50. The monoisotopic (exact) mass is 270 g/mol. The Kier molecular flexibility index (Phi) is 2.89. The number of benzene rings is 1. The number of fused-ring (bicyclic) bond motifs is 2. The van der Waals surface area contributed by atoms with Crippen LogP contribution in [0.1, 0.15) is 35.8 Å². The molecule has 20 heavy (non-hydrogen) atoms. The van der Waals surface area contributed by atoms with E-state index in [1.165, 1.54) is 6.92 Å². The summed E-state index contributed by atoms with van der Waals surface area (Å²) in [5.74, 6) is 0.0441. The van der Waals surface area contributed by atoms with Gasteiger partial charge in [-0.25, -0.2) is 0 Å². The van der Waals surface area contributed by atoms with Crippen molar-refractivity contribution >= 4 is 28.3 Å². The third kappa shape index (κ3) is 2.01. The van der Waals surface area contributed by atoms with E-state index in [0.717, 1.165) is 18.5 Å². The zero-order valence-electron chi connectivity index (χ0n) is 11.1. The molecule has 0 aliphatic heterocycles. The van der Waals surface area contributed by atoms with Crippen molar-refractivity contribution in [3.05, 3.63) is 29.5 Å². The number of nitrogens with two attached hydrogens (primary N) is 1. The first-order chi connectivity index (χ1) is 9.56. The number of rotatable bonds is 1. The minimum atomic E-state index is -0.398. The van der Waals surface area contributed by atoms with Crippen LogP contribution in [0.3, 0.4) is 0 Å². The van der Waals surface area contributed by atoms with Crippen LogP contribution in [0.2, 0.25) is 0 Å². The number of esters is 1. The van der Waals surface area contributed by atoms with Crippen molar-refractivity contribution in [3.63, 3.8) is 0 Å². The molecule has 2 N–H and O–H groups in total. The number of aryl methyl sites for hydroxylation is 1. The molecule has 0 radical (unpaired) electrons. The fourth-order valence-corrected chi connectivity index (χ4v) is 2.58. The molecule has 0 bridgehead atoms. The topological polar surface area (TPSA) is 82.3 Å². The Morgan fingerprint density at radius 2 is 2.15 bits per heavy atom. The van der Waals surface area contributed by atoms with Crippen molar-refractivity contribution in [1.29, 1.82) is 0 Å². The zero-order chi connectivity index (χ0) is 14.3. The molecule has 5 nitrogen and oxygen atoms in total. The first-order valence-electron chi connectivity index (χ1n) is 6.50. The molecule has 0 spiro atoms. The van der Waals surface area contributed by atoms with E-state index >= 15 is 0 Å². The highest BCUT2D eigenvalue weighted by atomic mass is 16.5. The van der Waals surface area contributed by atoms with Crippen molar-refractivity contribution in [1.82, 2.24) is 4.98 Å². The molecule has 0 atom stereocenters. The molecule has 1 aliphatic carbocycles. The van der Waals surface area contributed by atoms with Gasteiger partial charge in [0.25, 0.3) is 0 Å². The quantitative estimate of drug-likeness (QED) is 0.635. The number of carbonyl (C=O) groups is 2. The van der Waals surface area contributed by atoms with Gasteiger partial charge in [-0.05, 0) is 31.0 Å². The summed E-state index contributed by atoms with van der Waals surface area (Å²) in [6.45, 7) is 1.34. The van der Waals surface area contributed by atoms with Crippen LogP contribution in [0.4, 0.5) is 5.69 Å². The number of pyridine rings is 1.